The number of hydrogen-bond donors (Lipinski definition) is 1. The monoisotopic (exact) mass is 302 g/mol. The summed E-state index contributed by atoms with van der Waals surface area (Å²) in [6, 6.07) is 5.54. The highest BCUT2D eigenvalue weighted by molar-refractivity contribution is 6.42. The Balaban J connectivity index is 2.09. The molecule has 0 aliphatic carbocycles. The number of benzene rings is 1. The minimum Gasteiger partial charge on any atom is -0.367 e. The summed E-state index contributed by atoms with van der Waals surface area (Å²) in [7, 11) is 0. The van der Waals surface area contributed by atoms with Crippen LogP contribution in [-0.4, -0.2) is 36.1 Å². The Hall–Kier alpha value is -0.810. The smallest absolute Gasteiger partial charge is 0.247 e. The third-order valence-corrected chi connectivity index (χ3v) is 3.94. The zero-order valence-electron chi connectivity index (χ0n) is 10.6. The summed E-state index contributed by atoms with van der Waals surface area (Å²) in [5.74, 6) is -0.436. The van der Waals surface area contributed by atoms with Crippen molar-refractivity contribution in [3.05, 3.63) is 33.8 Å². The number of amides is 1. The predicted molar refractivity (Wildman–Crippen MR) is 75.3 cm³/mol. The van der Waals surface area contributed by atoms with E-state index in [1.54, 1.807) is 6.07 Å². The first-order valence-corrected chi connectivity index (χ1v) is 6.83. The molecule has 104 valence electrons. The molecule has 2 rings (SSSR count). The lowest BCUT2D eigenvalue weighted by molar-refractivity contribution is -0.142. The van der Waals surface area contributed by atoms with Gasteiger partial charge in [0.05, 0.1) is 16.1 Å². The number of hydrogen-bond acceptors (Lipinski definition) is 3. The molecule has 2 N–H and O–H groups in total. The second-order valence-corrected chi connectivity index (χ2v) is 5.53. The van der Waals surface area contributed by atoms with E-state index in [4.69, 9.17) is 33.7 Å². The summed E-state index contributed by atoms with van der Waals surface area (Å²) in [5.41, 5.74) is 6.24. The fourth-order valence-corrected chi connectivity index (χ4v) is 2.62. The number of carbonyl (C=O) groups is 1. The van der Waals surface area contributed by atoms with Crippen LogP contribution in [0.15, 0.2) is 18.2 Å². The average molecular weight is 303 g/mol. The molecule has 0 bridgehead atoms. The Bertz CT molecular complexity index is 482. The number of nitrogens with zero attached hydrogens (tertiary/aromatic N) is 1. The summed E-state index contributed by atoms with van der Waals surface area (Å²) in [5, 5.41) is 1.09. The van der Waals surface area contributed by atoms with Gasteiger partial charge in [0.1, 0.15) is 6.10 Å². The van der Waals surface area contributed by atoms with Crippen LogP contribution in [0.4, 0.5) is 0 Å². The lowest BCUT2D eigenvalue weighted by Crippen LogP contribution is -2.51. The molecular weight excluding hydrogens is 287 g/mol. The highest BCUT2D eigenvalue weighted by Gasteiger charge is 2.29. The van der Waals surface area contributed by atoms with Crippen molar-refractivity contribution in [2.75, 3.05) is 13.1 Å². The van der Waals surface area contributed by atoms with Crippen molar-refractivity contribution < 1.29 is 9.53 Å². The largest absolute Gasteiger partial charge is 0.367 e. The maximum Gasteiger partial charge on any atom is 0.247 e. The van der Waals surface area contributed by atoms with Crippen LogP contribution < -0.4 is 5.73 Å². The lowest BCUT2D eigenvalue weighted by atomic mass is 10.1. The first kappa shape index (κ1) is 14.6. The van der Waals surface area contributed by atoms with Gasteiger partial charge in [-0.15, -0.1) is 0 Å². The van der Waals surface area contributed by atoms with Gasteiger partial charge in [0.15, 0.2) is 0 Å². The van der Waals surface area contributed by atoms with Gasteiger partial charge in [-0.3, -0.25) is 9.69 Å². The van der Waals surface area contributed by atoms with Crippen molar-refractivity contribution in [3.63, 3.8) is 0 Å². The minimum absolute atomic E-state index is 0.0378. The maximum absolute atomic E-state index is 11.2. The van der Waals surface area contributed by atoms with Gasteiger partial charge in [-0.2, -0.15) is 0 Å². The average Bonchev–Trinajstić information content (AvgIpc) is 2.34. The van der Waals surface area contributed by atoms with Crippen molar-refractivity contribution in [1.29, 1.82) is 0 Å². The Kier molecular flexibility index (Phi) is 4.68. The molecule has 1 aromatic carbocycles. The molecule has 2 atom stereocenters. The Labute approximate surface area is 122 Å². The van der Waals surface area contributed by atoms with E-state index in [2.05, 4.69) is 4.90 Å². The van der Waals surface area contributed by atoms with E-state index in [1.807, 2.05) is 19.1 Å². The van der Waals surface area contributed by atoms with E-state index < -0.39 is 12.0 Å². The molecule has 1 fully saturated rings. The van der Waals surface area contributed by atoms with Crippen molar-refractivity contribution >= 4 is 29.1 Å². The summed E-state index contributed by atoms with van der Waals surface area (Å²) in [4.78, 5) is 13.3. The van der Waals surface area contributed by atoms with E-state index in [0.717, 1.165) is 12.1 Å². The van der Waals surface area contributed by atoms with Gasteiger partial charge >= 0.3 is 0 Å². The first-order valence-electron chi connectivity index (χ1n) is 6.07. The molecule has 1 aromatic rings. The van der Waals surface area contributed by atoms with Gasteiger partial charge in [-0.1, -0.05) is 35.3 Å². The van der Waals surface area contributed by atoms with Crippen LogP contribution in [0.5, 0.6) is 0 Å². The molecule has 1 amide bonds. The molecule has 0 radical (unpaired) electrons. The summed E-state index contributed by atoms with van der Waals surface area (Å²) in [6.07, 6.45) is -0.606. The molecule has 0 unspecified atom stereocenters. The topological polar surface area (TPSA) is 55.6 Å². The number of ether oxygens (including phenoxy) is 1. The van der Waals surface area contributed by atoms with E-state index in [0.29, 0.717) is 23.1 Å². The maximum atomic E-state index is 11.2. The fraction of sp³-hybridized carbons (Fsp3) is 0.462. The summed E-state index contributed by atoms with van der Waals surface area (Å²) < 4.78 is 5.49. The standard InChI is InChI=1S/C13H16Cl2N2O2/c1-8-5-17(7-11(19-8)13(16)18)6-9-3-2-4-10(14)12(9)15/h2-4,8,11H,5-7H2,1H3,(H2,16,18)/t8-,11+/m1/s1. The number of rotatable bonds is 3. The highest BCUT2D eigenvalue weighted by Crippen LogP contribution is 2.27. The molecule has 1 saturated heterocycles. The van der Waals surface area contributed by atoms with Crippen molar-refractivity contribution in [1.82, 2.24) is 4.90 Å². The third kappa shape index (κ3) is 3.60. The van der Waals surface area contributed by atoms with Crippen LogP contribution in [0.1, 0.15) is 12.5 Å². The molecule has 6 heteroatoms. The first-order chi connectivity index (χ1) is 8.97. The Morgan fingerprint density at radius 1 is 1.47 bits per heavy atom. The van der Waals surface area contributed by atoms with Gasteiger partial charge in [0, 0.05) is 19.6 Å². The van der Waals surface area contributed by atoms with E-state index in [1.165, 1.54) is 0 Å². The molecule has 0 aromatic heterocycles. The molecule has 19 heavy (non-hydrogen) atoms. The van der Waals surface area contributed by atoms with E-state index >= 15 is 0 Å². The second kappa shape index (κ2) is 6.09. The van der Waals surface area contributed by atoms with Gasteiger partial charge in [0.2, 0.25) is 5.91 Å². The van der Waals surface area contributed by atoms with Gasteiger partial charge in [-0.25, -0.2) is 0 Å². The van der Waals surface area contributed by atoms with E-state index in [9.17, 15) is 4.79 Å². The molecule has 1 heterocycles. The number of nitrogens with two attached hydrogens (primary N) is 1. The van der Waals surface area contributed by atoms with E-state index in [-0.39, 0.29) is 6.10 Å². The summed E-state index contributed by atoms with van der Waals surface area (Å²) >= 11 is 12.2. The van der Waals surface area contributed by atoms with Gasteiger partial charge < -0.3 is 10.5 Å². The van der Waals surface area contributed by atoms with Crippen LogP contribution >= 0.6 is 23.2 Å². The molecule has 1 aliphatic rings. The predicted octanol–water partition coefficient (Wildman–Crippen LogP) is 2.07. The van der Waals surface area contributed by atoms with Crippen LogP contribution in [0.2, 0.25) is 10.0 Å². The normalized spacial score (nSPS) is 24.4. The van der Waals surface area contributed by atoms with Gasteiger partial charge in [0.25, 0.3) is 0 Å². The molecule has 0 spiro atoms. The Morgan fingerprint density at radius 2 is 2.21 bits per heavy atom. The van der Waals surface area contributed by atoms with Crippen LogP contribution in [0.25, 0.3) is 0 Å². The molecule has 4 nitrogen and oxygen atoms in total. The zero-order chi connectivity index (χ0) is 14.0. The summed E-state index contributed by atoms with van der Waals surface area (Å²) in [6.45, 7) is 3.74. The number of carbonyl (C=O) groups excluding carboxylic acids is 1. The molecular formula is C13H16Cl2N2O2. The Morgan fingerprint density at radius 3 is 2.89 bits per heavy atom. The number of halogens is 2. The minimum atomic E-state index is -0.568. The van der Waals surface area contributed by atoms with Crippen LogP contribution in [0.3, 0.4) is 0 Å². The number of morpholine rings is 1. The molecule has 1 aliphatic heterocycles. The number of primary amides is 1. The third-order valence-electron chi connectivity index (χ3n) is 3.08. The van der Waals surface area contributed by atoms with Crippen molar-refractivity contribution in [3.8, 4) is 0 Å². The second-order valence-electron chi connectivity index (χ2n) is 4.74. The lowest BCUT2D eigenvalue weighted by Gasteiger charge is -2.35. The van der Waals surface area contributed by atoms with Crippen LogP contribution in [0, 0.1) is 0 Å². The van der Waals surface area contributed by atoms with Crippen LogP contribution in [-0.2, 0) is 16.1 Å². The molecule has 0 saturated carbocycles. The van der Waals surface area contributed by atoms with Crippen molar-refractivity contribution in [2.45, 2.75) is 25.7 Å². The quantitative estimate of drug-likeness (QED) is 0.930. The van der Waals surface area contributed by atoms with Crippen molar-refractivity contribution in [2.24, 2.45) is 5.73 Å². The fourth-order valence-electron chi connectivity index (χ4n) is 2.24. The van der Waals surface area contributed by atoms with Gasteiger partial charge in [-0.05, 0) is 18.6 Å². The highest BCUT2D eigenvalue weighted by atomic mass is 35.5. The SMILES string of the molecule is C[C@@H]1CN(Cc2cccc(Cl)c2Cl)C[C@@H](C(N)=O)O1. The zero-order valence-corrected chi connectivity index (χ0v) is 12.1.